The Morgan fingerprint density at radius 2 is 1.92 bits per heavy atom. The summed E-state index contributed by atoms with van der Waals surface area (Å²) in [5.41, 5.74) is 4.40. The van der Waals surface area contributed by atoms with Gasteiger partial charge in [0.25, 0.3) is 5.91 Å². The van der Waals surface area contributed by atoms with Crippen molar-refractivity contribution >= 4 is 29.8 Å². The minimum Gasteiger partial charge on any atom is -0.493 e. The van der Waals surface area contributed by atoms with E-state index in [1.165, 1.54) is 13.1 Å². The monoisotopic (exact) mass is 351 g/mol. The van der Waals surface area contributed by atoms with Crippen LogP contribution in [0.4, 0.5) is 5.69 Å². The molecule has 26 heavy (non-hydrogen) atoms. The van der Waals surface area contributed by atoms with Gasteiger partial charge >= 0.3 is 0 Å². The molecular formula is C20H21N3O3. The Labute approximate surface area is 152 Å². The number of hydrogen-bond donors (Lipinski definition) is 2. The number of hydrazone groups is 1. The maximum absolute atomic E-state index is 12.3. The minimum absolute atomic E-state index is 0.195. The molecule has 6 heteroatoms. The molecule has 0 saturated carbocycles. The van der Waals surface area contributed by atoms with E-state index in [1.807, 2.05) is 43.3 Å². The summed E-state index contributed by atoms with van der Waals surface area (Å²) in [6.07, 6.45) is 5.11. The second kappa shape index (κ2) is 9.78. The molecule has 0 saturated heterocycles. The molecule has 6 nitrogen and oxygen atoms in total. The molecule has 0 spiro atoms. The van der Waals surface area contributed by atoms with Gasteiger partial charge in [-0.25, -0.2) is 5.43 Å². The van der Waals surface area contributed by atoms with Crippen LogP contribution in [0.5, 0.6) is 5.75 Å². The Morgan fingerprint density at radius 1 is 1.15 bits per heavy atom. The lowest BCUT2D eigenvalue weighted by molar-refractivity contribution is -0.114. The third kappa shape index (κ3) is 5.90. The average Bonchev–Trinajstić information content (AvgIpc) is 2.62. The number of carbonyl (C=O) groups is 2. The van der Waals surface area contributed by atoms with Gasteiger partial charge in [-0.2, -0.15) is 5.10 Å². The first kappa shape index (κ1) is 18.9. The van der Waals surface area contributed by atoms with E-state index in [0.717, 1.165) is 5.56 Å². The van der Waals surface area contributed by atoms with Crippen LogP contribution in [0.2, 0.25) is 0 Å². The Hall–Kier alpha value is -3.41. The van der Waals surface area contributed by atoms with Crippen LogP contribution < -0.4 is 15.5 Å². The molecule has 0 aliphatic carbocycles. The van der Waals surface area contributed by atoms with Gasteiger partial charge < -0.3 is 10.1 Å². The highest BCUT2D eigenvalue weighted by molar-refractivity contribution is 5.98. The third-order valence-corrected chi connectivity index (χ3v) is 3.26. The lowest BCUT2D eigenvalue weighted by Crippen LogP contribution is -2.19. The molecule has 0 radical (unpaired) electrons. The van der Waals surface area contributed by atoms with Crippen LogP contribution in [0.1, 0.15) is 29.8 Å². The second-order valence-corrected chi connectivity index (χ2v) is 5.31. The molecule has 0 fully saturated rings. The smallest absolute Gasteiger partial charge is 0.275 e. The number of benzene rings is 2. The SMILES string of the molecule is CCOc1cc(NC(C)=O)ccc1C(=O)NN=CC=Cc1ccccc1. The molecule has 2 aromatic rings. The summed E-state index contributed by atoms with van der Waals surface area (Å²) in [6, 6.07) is 14.6. The number of rotatable bonds is 7. The van der Waals surface area contributed by atoms with E-state index in [4.69, 9.17) is 4.74 Å². The van der Waals surface area contributed by atoms with E-state index in [9.17, 15) is 9.59 Å². The number of ether oxygens (including phenoxy) is 1. The fourth-order valence-corrected chi connectivity index (χ4v) is 2.18. The highest BCUT2D eigenvalue weighted by Crippen LogP contribution is 2.23. The molecule has 0 atom stereocenters. The zero-order valence-electron chi connectivity index (χ0n) is 14.7. The second-order valence-electron chi connectivity index (χ2n) is 5.31. The molecule has 0 aliphatic rings. The van der Waals surface area contributed by atoms with Gasteiger partial charge in [0, 0.05) is 24.9 Å². The summed E-state index contributed by atoms with van der Waals surface area (Å²) in [4.78, 5) is 23.4. The average molecular weight is 351 g/mol. The van der Waals surface area contributed by atoms with Gasteiger partial charge in [0.05, 0.1) is 12.2 Å². The first-order valence-electron chi connectivity index (χ1n) is 8.19. The fourth-order valence-electron chi connectivity index (χ4n) is 2.18. The standard InChI is InChI=1S/C20H21N3O3/c1-3-26-19-14-17(22-15(2)24)11-12-18(19)20(25)23-21-13-7-10-16-8-5-4-6-9-16/h4-14H,3H2,1-2H3,(H,22,24)(H,23,25). The number of carbonyl (C=O) groups excluding carboxylic acids is 2. The topological polar surface area (TPSA) is 79.8 Å². The molecule has 134 valence electrons. The maximum Gasteiger partial charge on any atom is 0.275 e. The number of nitrogens with one attached hydrogen (secondary N) is 2. The summed E-state index contributed by atoms with van der Waals surface area (Å²) < 4.78 is 5.49. The predicted molar refractivity (Wildman–Crippen MR) is 103 cm³/mol. The van der Waals surface area contributed by atoms with Crippen LogP contribution >= 0.6 is 0 Å². The Morgan fingerprint density at radius 3 is 2.62 bits per heavy atom. The molecule has 0 aromatic heterocycles. The Bertz CT molecular complexity index is 814. The van der Waals surface area contributed by atoms with Gasteiger partial charge in [-0.1, -0.05) is 36.4 Å². The quantitative estimate of drug-likeness (QED) is 0.592. The van der Waals surface area contributed by atoms with Crippen LogP contribution in [0.25, 0.3) is 6.08 Å². The highest BCUT2D eigenvalue weighted by atomic mass is 16.5. The summed E-state index contributed by atoms with van der Waals surface area (Å²) in [6.45, 7) is 3.63. The number of hydrogen-bond acceptors (Lipinski definition) is 4. The molecule has 2 aromatic carbocycles. The number of anilines is 1. The van der Waals surface area contributed by atoms with Gasteiger partial charge in [-0.3, -0.25) is 9.59 Å². The van der Waals surface area contributed by atoms with Crippen LogP contribution in [-0.2, 0) is 4.79 Å². The van der Waals surface area contributed by atoms with Crippen molar-refractivity contribution < 1.29 is 14.3 Å². The van der Waals surface area contributed by atoms with Crippen LogP contribution in [0.15, 0.2) is 59.7 Å². The van der Waals surface area contributed by atoms with Gasteiger partial charge in [-0.15, -0.1) is 0 Å². The van der Waals surface area contributed by atoms with Crippen LogP contribution in [0, 0.1) is 0 Å². The van der Waals surface area contributed by atoms with Crippen molar-refractivity contribution in [2.24, 2.45) is 5.10 Å². The largest absolute Gasteiger partial charge is 0.493 e. The fraction of sp³-hybridized carbons (Fsp3) is 0.150. The number of allylic oxidation sites excluding steroid dienone is 1. The van der Waals surface area contributed by atoms with E-state index in [-0.39, 0.29) is 5.91 Å². The van der Waals surface area contributed by atoms with Crippen molar-refractivity contribution in [3.8, 4) is 5.75 Å². The lowest BCUT2D eigenvalue weighted by Gasteiger charge is -2.11. The first-order chi connectivity index (χ1) is 12.6. The van der Waals surface area contributed by atoms with Crippen LogP contribution in [0.3, 0.4) is 0 Å². The highest BCUT2D eigenvalue weighted by Gasteiger charge is 2.13. The van der Waals surface area contributed by atoms with E-state index < -0.39 is 5.91 Å². The third-order valence-electron chi connectivity index (χ3n) is 3.26. The summed E-state index contributed by atoms with van der Waals surface area (Å²) in [5, 5.41) is 6.55. The molecule has 0 heterocycles. The van der Waals surface area contributed by atoms with E-state index >= 15 is 0 Å². The molecule has 2 N–H and O–H groups in total. The van der Waals surface area contributed by atoms with Crippen molar-refractivity contribution in [3.05, 3.63) is 65.7 Å². The van der Waals surface area contributed by atoms with E-state index in [1.54, 1.807) is 24.3 Å². The zero-order chi connectivity index (χ0) is 18.8. The first-order valence-corrected chi connectivity index (χ1v) is 8.19. The summed E-state index contributed by atoms with van der Waals surface area (Å²) in [7, 11) is 0. The van der Waals surface area contributed by atoms with E-state index in [2.05, 4.69) is 15.8 Å². The van der Waals surface area contributed by atoms with Crippen molar-refractivity contribution in [3.63, 3.8) is 0 Å². The molecule has 2 rings (SSSR count). The maximum atomic E-state index is 12.3. The number of amides is 2. The molecular weight excluding hydrogens is 330 g/mol. The normalized spacial score (nSPS) is 10.8. The predicted octanol–water partition coefficient (Wildman–Crippen LogP) is 3.47. The van der Waals surface area contributed by atoms with Crippen molar-refractivity contribution in [1.29, 1.82) is 0 Å². The number of nitrogens with zero attached hydrogens (tertiary/aromatic N) is 1. The van der Waals surface area contributed by atoms with Crippen molar-refractivity contribution in [2.45, 2.75) is 13.8 Å². The lowest BCUT2D eigenvalue weighted by atomic mass is 10.1. The van der Waals surface area contributed by atoms with Crippen molar-refractivity contribution in [2.75, 3.05) is 11.9 Å². The minimum atomic E-state index is -0.396. The Balaban J connectivity index is 2.02. The zero-order valence-corrected chi connectivity index (χ0v) is 14.7. The Kier molecular flexibility index (Phi) is 7.12. The summed E-state index contributed by atoms with van der Waals surface area (Å²) in [5.74, 6) is -0.210. The molecule has 0 unspecified atom stereocenters. The van der Waals surface area contributed by atoms with Gasteiger partial charge in [-0.05, 0) is 30.7 Å². The molecule has 2 amide bonds. The van der Waals surface area contributed by atoms with Gasteiger partial charge in [0.15, 0.2) is 0 Å². The summed E-state index contributed by atoms with van der Waals surface area (Å²) >= 11 is 0. The molecule has 0 aliphatic heterocycles. The van der Waals surface area contributed by atoms with Gasteiger partial charge in [0.1, 0.15) is 5.75 Å². The van der Waals surface area contributed by atoms with Crippen LogP contribution in [-0.4, -0.2) is 24.6 Å². The van der Waals surface area contributed by atoms with Crippen molar-refractivity contribution in [1.82, 2.24) is 5.43 Å². The van der Waals surface area contributed by atoms with Gasteiger partial charge in [0.2, 0.25) is 5.91 Å². The van der Waals surface area contributed by atoms with E-state index in [0.29, 0.717) is 23.6 Å². The molecule has 0 bridgehead atoms.